The lowest BCUT2D eigenvalue weighted by atomic mass is 10.2. The van der Waals surface area contributed by atoms with Crippen molar-refractivity contribution in [2.75, 3.05) is 13.2 Å². The second-order valence-corrected chi connectivity index (χ2v) is 5.26. The van der Waals surface area contributed by atoms with Gasteiger partial charge in [0.1, 0.15) is 0 Å². The molecule has 2 aromatic heterocycles. The van der Waals surface area contributed by atoms with Gasteiger partial charge in [-0.1, -0.05) is 5.16 Å². The Bertz CT molecular complexity index is 646. The van der Waals surface area contributed by atoms with E-state index in [0.717, 1.165) is 23.2 Å². The SMILES string of the molecule is Cc1cc(OCC(=O)NCC2CC2)nc2onc(C)c12. The van der Waals surface area contributed by atoms with Crippen molar-refractivity contribution >= 4 is 17.0 Å². The molecular weight excluding hydrogens is 258 g/mol. The molecule has 0 bridgehead atoms. The molecule has 0 atom stereocenters. The van der Waals surface area contributed by atoms with E-state index in [1.54, 1.807) is 6.07 Å². The van der Waals surface area contributed by atoms with Crippen LogP contribution in [-0.2, 0) is 4.79 Å². The van der Waals surface area contributed by atoms with Crippen LogP contribution in [0.3, 0.4) is 0 Å². The highest BCUT2D eigenvalue weighted by atomic mass is 16.5. The summed E-state index contributed by atoms with van der Waals surface area (Å²) in [7, 11) is 0. The minimum absolute atomic E-state index is 0.0300. The third-order valence-electron chi connectivity index (χ3n) is 3.43. The Labute approximate surface area is 116 Å². The molecule has 0 unspecified atom stereocenters. The summed E-state index contributed by atoms with van der Waals surface area (Å²) < 4.78 is 10.5. The van der Waals surface area contributed by atoms with Crippen LogP contribution in [0.4, 0.5) is 0 Å². The number of amides is 1. The summed E-state index contributed by atoms with van der Waals surface area (Å²) in [5, 5.41) is 7.62. The lowest BCUT2D eigenvalue weighted by Crippen LogP contribution is -2.30. The lowest BCUT2D eigenvalue weighted by molar-refractivity contribution is -0.123. The van der Waals surface area contributed by atoms with Gasteiger partial charge in [-0.2, -0.15) is 4.98 Å². The molecule has 1 fully saturated rings. The first-order valence-corrected chi connectivity index (χ1v) is 6.76. The zero-order valence-corrected chi connectivity index (χ0v) is 11.6. The quantitative estimate of drug-likeness (QED) is 0.899. The van der Waals surface area contributed by atoms with Gasteiger partial charge < -0.3 is 14.6 Å². The first kappa shape index (κ1) is 12.9. The van der Waals surface area contributed by atoms with Crippen molar-refractivity contribution in [2.45, 2.75) is 26.7 Å². The minimum atomic E-state index is -0.120. The van der Waals surface area contributed by atoms with E-state index < -0.39 is 0 Å². The molecule has 2 heterocycles. The zero-order valence-electron chi connectivity index (χ0n) is 11.6. The fourth-order valence-corrected chi connectivity index (χ4v) is 2.12. The number of hydrogen-bond acceptors (Lipinski definition) is 5. The molecule has 1 aliphatic carbocycles. The van der Waals surface area contributed by atoms with E-state index in [9.17, 15) is 4.79 Å². The molecule has 1 N–H and O–H groups in total. The fraction of sp³-hybridized carbons (Fsp3) is 0.500. The molecule has 6 nitrogen and oxygen atoms in total. The number of ether oxygens (including phenoxy) is 1. The molecule has 2 aromatic rings. The second-order valence-electron chi connectivity index (χ2n) is 5.26. The summed E-state index contributed by atoms with van der Waals surface area (Å²) in [5.74, 6) is 0.922. The summed E-state index contributed by atoms with van der Waals surface area (Å²) in [4.78, 5) is 15.8. The summed E-state index contributed by atoms with van der Waals surface area (Å²) in [5.41, 5.74) is 2.22. The Morgan fingerprint density at radius 2 is 2.30 bits per heavy atom. The van der Waals surface area contributed by atoms with E-state index in [1.807, 2.05) is 13.8 Å². The van der Waals surface area contributed by atoms with Crippen LogP contribution in [-0.4, -0.2) is 29.2 Å². The van der Waals surface area contributed by atoms with Crippen LogP contribution in [0, 0.1) is 19.8 Å². The van der Waals surface area contributed by atoms with Gasteiger partial charge in [0, 0.05) is 12.6 Å². The average molecular weight is 275 g/mol. The molecule has 1 aliphatic rings. The second kappa shape index (κ2) is 5.11. The number of hydrogen-bond donors (Lipinski definition) is 1. The Kier molecular flexibility index (Phi) is 3.30. The van der Waals surface area contributed by atoms with Gasteiger partial charge in [0.2, 0.25) is 5.88 Å². The van der Waals surface area contributed by atoms with Crippen LogP contribution in [0.2, 0.25) is 0 Å². The lowest BCUT2D eigenvalue weighted by Gasteiger charge is -2.07. The first-order valence-electron chi connectivity index (χ1n) is 6.76. The molecule has 3 rings (SSSR count). The Morgan fingerprint density at radius 3 is 3.05 bits per heavy atom. The number of nitrogens with zero attached hydrogens (tertiary/aromatic N) is 2. The average Bonchev–Trinajstić information content (AvgIpc) is 3.17. The predicted octanol–water partition coefficient (Wildman–Crippen LogP) is 1.74. The number of pyridine rings is 1. The van der Waals surface area contributed by atoms with Crippen molar-refractivity contribution < 1.29 is 14.1 Å². The molecular formula is C14H17N3O3. The van der Waals surface area contributed by atoms with Gasteiger partial charge in [-0.05, 0) is 38.2 Å². The molecule has 106 valence electrons. The Balaban J connectivity index is 1.63. The van der Waals surface area contributed by atoms with Crippen molar-refractivity contribution in [3.05, 3.63) is 17.3 Å². The van der Waals surface area contributed by atoms with Gasteiger partial charge in [0.15, 0.2) is 6.61 Å². The summed E-state index contributed by atoms with van der Waals surface area (Å²) in [6.07, 6.45) is 2.42. The van der Waals surface area contributed by atoms with Crippen LogP contribution in [0.5, 0.6) is 5.88 Å². The number of carbonyl (C=O) groups is 1. The normalized spacial score (nSPS) is 14.5. The van der Waals surface area contributed by atoms with Crippen molar-refractivity contribution in [3.63, 3.8) is 0 Å². The number of rotatable bonds is 5. The van der Waals surface area contributed by atoms with Gasteiger partial charge in [-0.3, -0.25) is 4.79 Å². The number of carbonyl (C=O) groups excluding carboxylic acids is 1. The summed E-state index contributed by atoms with van der Waals surface area (Å²) >= 11 is 0. The highest BCUT2D eigenvalue weighted by Crippen LogP contribution is 2.27. The highest BCUT2D eigenvalue weighted by molar-refractivity contribution is 5.80. The summed E-state index contributed by atoms with van der Waals surface area (Å²) in [6, 6.07) is 1.79. The maximum absolute atomic E-state index is 11.6. The molecule has 0 aromatic carbocycles. The third-order valence-corrected chi connectivity index (χ3v) is 3.43. The molecule has 1 amide bonds. The molecule has 20 heavy (non-hydrogen) atoms. The van der Waals surface area contributed by atoms with Crippen LogP contribution < -0.4 is 10.1 Å². The maximum Gasteiger partial charge on any atom is 0.261 e. The molecule has 0 saturated heterocycles. The van der Waals surface area contributed by atoms with Gasteiger partial charge in [-0.25, -0.2) is 0 Å². The van der Waals surface area contributed by atoms with Gasteiger partial charge in [0.25, 0.3) is 11.6 Å². The molecule has 0 radical (unpaired) electrons. The number of aromatic nitrogens is 2. The minimum Gasteiger partial charge on any atom is -0.467 e. The standard InChI is InChI=1S/C14H17N3O3/c1-8-5-12(16-14-13(8)9(2)17-20-14)19-7-11(18)15-6-10-3-4-10/h5,10H,3-4,6-7H2,1-2H3,(H,15,18). The monoisotopic (exact) mass is 275 g/mol. The summed E-state index contributed by atoms with van der Waals surface area (Å²) in [6.45, 7) is 4.52. The molecule has 0 aliphatic heterocycles. The van der Waals surface area contributed by atoms with Crippen molar-refractivity contribution in [1.82, 2.24) is 15.5 Å². The molecule has 6 heteroatoms. The van der Waals surface area contributed by atoms with Crippen molar-refractivity contribution in [1.29, 1.82) is 0 Å². The Morgan fingerprint density at radius 1 is 1.50 bits per heavy atom. The van der Waals surface area contributed by atoms with Crippen molar-refractivity contribution in [2.24, 2.45) is 5.92 Å². The third kappa shape index (κ3) is 2.74. The van der Waals surface area contributed by atoms with E-state index in [4.69, 9.17) is 9.26 Å². The molecule has 0 spiro atoms. The fourth-order valence-electron chi connectivity index (χ4n) is 2.12. The van der Waals surface area contributed by atoms with Crippen LogP contribution in [0.25, 0.3) is 11.1 Å². The van der Waals surface area contributed by atoms with E-state index in [2.05, 4.69) is 15.5 Å². The van der Waals surface area contributed by atoms with E-state index in [1.165, 1.54) is 12.8 Å². The number of fused-ring (bicyclic) bond motifs is 1. The maximum atomic E-state index is 11.6. The Hall–Kier alpha value is -2.11. The van der Waals surface area contributed by atoms with Crippen molar-refractivity contribution in [3.8, 4) is 5.88 Å². The number of nitrogens with one attached hydrogen (secondary N) is 1. The largest absolute Gasteiger partial charge is 0.467 e. The van der Waals surface area contributed by atoms with Gasteiger partial charge in [-0.15, -0.1) is 0 Å². The predicted molar refractivity (Wildman–Crippen MR) is 72.5 cm³/mol. The first-order chi connectivity index (χ1) is 9.63. The number of aryl methyl sites for hydroxylation is 2. The zero-order chi connectivity index (χ0) is 14.1. The molecule has 1 saturated carbocycles. The van der Waals surface area contributed by atoms with Crippen LogP contribution >= 0.6 is 0 Å². The highest BCUT2D eigenvalue weighted by Gasteiger charge is 2.21. The smallest absolute Gasteiger partial charge is 0.261 e. The van der Waals surface area contributed by atoms with E-state index in [-0.39, 0.29) is 12.5 Å². The topological polar surface area (TPSA) is 77.2 Å². The van der Waals surface area contributed by atoms with E-state index in [0.29, 0.717) is 17.5 Å². The van der Waals surface area contributed by atoms with Crippen LogP contribution in [0.15, 0.2) is 10.6 Å². The van der Waals surface area contributed by atoms with Crippen LogP contribution in [0.1, 0.15) is 24.1 Å². The van der Waals surface area contributed by atoms with E-state index >= 15 is 0 Å². The van der Waals surface area contributed by atoms with Gasteiger partial charge >= 0.3 is 0 Å². The van der Waals surface area contributed by atoms with Gasteiger partial charge in [0.05, 0.1) is 11.1 Å².